The second-order valence-corrected chi connectivity index (χ2v) is 9.02. The van der Waals surface area contributed by atoms with Gasteiger partial charge in [0.05, 0.1) is 47.7 Å². The van der Waals surface area contributed by atoms with Crippen LogP contribution in [0.4, 0.5) is 5.69 Å². The molecular formula is C20H25N2O9P. The number of para-hydroxylation sites is 1. The average Bonchev–Trinajstić information content (AvgIpc) is 2.79. The topological polar surface area (TPSA) is 135 Å². The van der Waals surface area contributed by atoms with Crippen molar-refractivity contribution in [1.29, 1.82) is 0 Å². The van der Waals surface area contributed by atoms with E-state index in [0.29, 0.717) is 12.1 Å². The summed E-state index contributed by atoms with van der Waals surface area (Å²) in [5.74, 6) is -1.97. The van der Waals surface area contributed by atoms with Gasteiger partial charge in [0, 0.05) is 31.5 Å². The molecule has 1 fully saturated rings. The third-order valence-corrected chi connectivity index (χ3v) is 7.41. The van der Waals surface area contributed by atoms with Gasteiger partial charge in [0.15, 0.2) is 6.29 Å². The summed E-state index contributed by atoms with van der Waals surface area (Å²) < 4.78 is 40.6. The summed E-state index contributed by atoms with van der Waals surface area (Å²) in [6.45, 7) is 1.98. The van der Waals surface area contributed by atoms with Gasteiger partial charge >= 0.3 is 13.6 Å². The number of esters is 1. The van der Waals surface area contributed by atoms with E-state index in [0.717, 1.165) is 0 Å². The van der Waals surface area contributed by atoms with Crippen molar-refractivity contribution in [2.75, 3.05) is 34.5 Å². The number of nitrogens with one attached hydrogen (secondary N) is 1. The molecule has 1 N–H and O–H groups in total. The Kier molecular flexibility index (Phi) is 7.47. The summed E-state index contributed by atoms with van der Waals surface area (Å²) in [7, 11) is 0.0257. The zero-order chi connectivity index (χ0) is 23.5. The molecule has 12 heteroatoms. The van der Waals surface area contributed by atoms with Gasteiger partial charge in [0.25, 0.3) is 5.69 Å². The van der Waals surface area contributed by atoms with E-state index in [4.69, 9.17) is 23.3 Å². The van der Waals surface area contributed by atoms with Crippen LogP contribution in [0, 0.1) is 10.1 Å². The zero-order valence-electron chi connectivity index (χ0n) is 18.2. The minimum atomic E-state index is -3.91. The first-order valence-corrected chi connectivity index (χ1v) is 11.3. The molecule has 3 rings (SSSR count). The number of carbonyl (C=O) groups is 1. The Morgan fingerprint density at radius 3 is 2.41 bits per heavy atom. The monoisotopic (exact) mass is 468 g/mol. The number of hydrogen-bond acceptors (Lipinski definition) is 10. The van der Waals surface area contributed by atoms with Gasteiger partial charge in [-0.05, 0) is 13.3 Å². The van der Waals surface area contributed by atoms with Crippen molar-refractivity contribution < 1.29 is 37.5 Å². The van der Waals surface area contributed by atoms with Crippen molar-refractivity contribution in [2.45, 2.75) is 25.6 Å². The number of carbonyl (C=O) groups excluding carboxylic acids is 1. The maximum atomic E-state index is 13.8. The fourth-order valence-electron chi connectivity index (χ4n) is 3.87. The van der Waals surface area contributed by atoms with Gasteiger partial charge in [-0.15, -0.1) is 0 Å². The van der Waals surface area contributed by atoms with E-state index >= 15 is 0 Å². The first-order chi connectivity index (χ1) is 15.3. The summed E-state index contributed by atoms with van der Waals surface area (Å²) in [5.41, 5.74) is 0.338. The van der Waals surface area contributed by atoms with Crippen LogP contribution in [0.2, 0.25) is 0 Å². The molecule has 0 aromatic heterocycles. The quantitative estimate of drug-likeness (QED) is 0.209. The lowest BCUT2D eigenvalue weighted by Crippen LogP contribution is -2.37. The number of nitrogens with zero attached hydrogens (tertiary/aromatic N) is 1. The first kappa shape index (κ1) is 24.1. The molecule has 1 aromatic rings. The summed E-state index contributed by atoms with van der Waals surface area (Å²) in [6.07, 6.45) is -0.486. The Balaban J connectivity index is 2.37. The van der Waals surface area contributed by atoms with E-state index in [9.17, 15) is 19.5 Å². The third kappa shape index (κ3) is 4.35. The fourth-order valence-corrected chi connectivity index (χ4v) is 6.01. The summed E-state index contributed by atoms with van der Waals surface area (Å²) in [6, 6.07) is 5.90. The Labute approximate surface area is 185 Å². The van der Waals surface area contributed by atoms with E-state index < -0.39 is 30.7 Å². The largest absolute Gasteiger partial charge is 0.466 e. The Morgan fingerprint density at radius 2 is 1.84 bits per heavy atom. The van der Waals surface area contributed by atoms with E-state index in [1.165, 1.54) is 39.5 Å². The van der Waals surface area contributed by atoms with Crippen molar-refractivity contribution in [2.24, 2.45) is 0 Å². The van der Waals surface area contributed by atoms with Crippen LogP contribution < -0.4 is 5.32 Å². The van der Waals surface area contributed by atoms with Crippen LogP contribution in [0.1, 0.15) is 24.8 Å². The van der Waals surface area contributed by atoms with Crippen LogP contribution in [0.25, 0.3) is 0 Å². The molecule has 2 aliphatic rings. The van der Waals surface area contributed by atoms with Crippen LogP contribution >= 0.6 is 7.60 Å². The number of benzene rings is 1. The van der Waals surface area contributed by atoms with Crippen molar-refractivity contribution in [1.82, 2.24) is 5.32 Å². The number of ether oxygens (including phenoxy) is 3. The summed E-state index contributed by atoms with van der Waals surface area (Å²) >= 11 is 0. The van der Waals surface area contributed by atoms with E-state index in [2.05, 4.69) is 5.32 Å². The Morgan fingerprint density at radius 1 is 1.22 bits per heavy atom. The first-order valence-electron chi connectivity index (χ1n) is 9.77. The predicted octanol–water partition coefficient (Wildman–Crippen LogP) is 3.19. The molecule has 174 valence electrons. The minimum Gasteiger partial charge on any atom is -0.466 e. The molecule has 0 bridgehead atoms. The molecule has 0 saturated carbocycles. The maximum absolute atomic E-state index is 13.8. The van der Waals surface area contributed by atoms with E-state index in [1.807, 2.05) is 0 Å². The Bertz CT molecular complexity index is 1010. The lowest BCUT2D eigenvalue weighted by Gasteiger charge is -2.37. The molecular weight excluding hydrogens is 443 g/mol. The molecule has 0 spiro atoms. The molecule has 0 amide bonds. The minimum absolute atomic E-state index is 0.0518. The average molecular weight is 468 g/mol. The smallest absolute Gasteiger partial charge is 0.360 e. The van der Waals surface area contributed by atoms with Gasteiger partial charge in [-0.2, -0.15) is 0 Å². The summed E-state index contributed by atoms with van der Waals surface area (Å²) in [5, 5.41) is 15.0. The number of nitro benzene ring substituents is 1. The third-order valence-electron chi connectivity index (χ3n) is 5.18. The predicted molar refractivity (Wildman–Crippen MR) is 113 cm³/mol. The fraction of sp³-hybridized carbons (Fsp3) is 0.450. The SMILES string of the molecule is COC(=O)C1=C(C(OC)OC)NC(C)=C(P2(=O)OCCCO2)C1c1ccccc1[N+](=O)[O-]. The zero-order valence-corrected chi connectivity index (χ0v) is 19.0. The second kappa shape index (κ2) is 9.93. The van der Waals surface area contributed by atoms with Crippen LogP contribution in [-0.4, -0.2) is 51.7 Å². The lowest BCUT2D eigenvalue weighted by atomic mass is 9.85. The molecule has 0 radical (unpaired) electrons. The molecule has 2 aliphatic heterocycles. The van der Waals surface area contributed by atoms with Crippen molar-refractivity contribution in [3.63, 3.8) is 0 Å². The Hall–Kier alpha value is -2.56. The van der Waals surface area contributed by atoms with Gasteiger partial charge in [0.2, 0.25) is 0 Å². The number of nitro groups is 1. The number of rotatable bonds is 7. The van der Waals surface area contributed by atoms with Gasteiger partial charge in [-0.25, -0.2) is 4.79 Å². The molecule has 11 nitrogen and oxygen atoms in total. The standard InChI is InChI=1S/C20H25N2O9P/c1-12-18(32(26)30-10-7-11-31-32)15(13-8-5-6-9-14(13)22(24)25)16(19(23)27-2)17(21-12)20(28-3)29-4/h5-6,8-9,15,20-21H,7,10-11H2,1-4H3. The maximum Gasteiger partial charge on any atom is 0.360 e. The highest BCUT2D eigenvalue weighted by atomic mass is 31.2. The lowest BCUT2D eigenvalue weighted by molar-refractivity contribution is -0.385. The highest BCUT2D eigenvalue weighted by molar-refractivity contribution is 7.58. The van der Waals surface area contributed by atoms with Gasteiger partial charge in [0.1, 0.15) is 0 Å². The number of methoxy groups -OCH3 is 3. The van der Waals surface area contributed by atoms with E-state index in [-0.39, 0.29) is 41.0 Å². The van der Waals surface area contributed by atoms with Crippen molar-refractivity contribution in [3.05, 3.63) is 62.2 Å². The van der Waals surface area contributed by atoms with Crippen LogP contribution in [0.5, 0.6) is 0 Å². The molecule has 1 unspecified atom stereocenters. The van der Waals surface area contributed by atoms with Crippen LogP contribution in [0.15, 0.2) is 46.5 Å². The summed E-state index contributed by atoms with van der Waals surface area (Å²) in [4.78, 5) is 24.3. The molecule has 2 heterocycles. The molecule has 1 aromatic carbocycles. The number of hydrogen-bond donors (Lipinski definition) is 1. The van der Waals surface area contributed by atoms with Gasteiger partial charge in [-0.1, -0.05) is 18.2 Å². The number of allylic oxidation sites excluding steroid dienone is 2. The molecule has 32 heavy (non-hydrogen) atoms. The van der Waals surface area contributed by atoms with Gasteiger partial charge < -0.3 is 28.6 Å². The van der Waals surface area contributed by atoms with E-state index in [1.54, 1.807) is 13.0 Å². The second-order valence-electron chi connectivity index (χ2n) is 7.02. The van der Waals surface area contributed by atoms with Crippen LogP contribution in [0.3, 0.4) is 0 Å². The molecule has 0 aliphatic carbocycles. The van der Waals surface area contributed by atoms with Crippen molar-refractivity contribution in [3.8, 4) is 0 Å². The van der Waals surface area contributed by atoms with Gasteiger partial charge in [-0.3, -0.25) is 14.7 Å². The highest BCUT2D eigenvalue weighted by Crippen LogP contribution is 2.65. The molecule has 1 atom stereocenters. The highest BCUT2D eigenvalue weighted by Gasteiger charge is 2.48. The van der Waals surface area contributed by atoms with Crippen molar-refractivity contribution >= 4 is 19.3 Å². The normalized spacial score (nSPS) is 20.8. The molecule has 1 saturated heterocycles. The number of dihydropyridines is 1. The van der Waals surface area contributed by atoms with Crippen LogP contribution in [-0.2, 0) is 32.6 Å².